The first-order chi connectivity index (χ1) is 10.9. The van der Waals surface area contributed by atoms with Gasteiger partial charge in [-0.15, -0.1) is 6.58 Å². The summed E-state index contributed by atoms with van der Waals surface area (Å²) in [6, 6.07) is 8.27. The maximum Gasteiger partial charge on any atom is 0.309 e. The van der Waals surface area contributed by atoms with Gasteiger partial charge in [0.2, 0.25) is 0 Å². The molecule has 1 aromatic rings. The van der Waals surface area contributed by atoms with Gasteiger partial charge in [0.15, 0.2) is 0 Å². The van der Waals surface area contributed by atoms with Crippen LogP contribution in [0.25, 0.3) is 0 Å². The molecule has 0 aliphatic rings. The van der Waals surface area contributed by atoms with Crippen molar-refractivity contribution in [2.75, 3.05) is 46.2 Å². The van der Waals surface area contributed by atoms with Crippen LogP contribution in [-0.2, 0) is 9.59 Å². The van der Waals surface area contributed by atoms with Crippen molar-refractivity contribution in [3.8, 4) is 0 Å². The van der Waals surface area contributed by atoms with Crippen LogP contribution in [0, 0.1) is 0 Å². The number of nitrogens with zero attached hydrogens (tertiary/aromatic N) is 1. The Labute approximate surface area is 138 Å². The van der Waals surface area contributed by atoms with Crippen molar-refractivity contribution in [2.24, 2.45) is 0 Å². The number of benzene rings is 1. The Bertz CT molecular complexity index is 538. The molecule has 23 heavy (non-hydrogen) atoms. The van der Waals surface area contributed by atoms with Crippen LogP contribution in [0.15, 0.2) is 36.9 Å². The van der Waals surface area contributed by atoms with E-state index < -0.39 is 11.8 Å². The van der Waals surface area contributed by atoms with Crippen LogP contribution in [0.3, 0.4) is 0 Å². The minimum Gasteiger partial charge on any atom is -0.378 e. The van der Waals surface area contributed by atoms with Crippen molar-refractivity contribution in [1.29, 1.82) is 0 Å². The molecule has 0 aliphatic carbocycles. The van der Waals surface area contributed by atoms with Gasteiger partial charge in [-0.25, -0.2) is 0 Å². The molecule has 0 bridgehead atoms. The molecule has 3 N–H and O–H groups in total. The van der Waals surface area contributed by atoms with Gasteiger partial charge in [0, 0.05) is 31.9 Å². The molecule has 0 saturated heterocycles. The fourth-order valence-corrected chi connectivity index (χ4v) is 2.18. The van der Waals surface area contributed by atoms with Crippen LogP contribution >= 0.6 is 0 Å². The fourth-order valence-electron chi connectivity index (χ4n) is 2.18. The number of anilines is 1. The van der Waals surface area contributed by atoms with E-state index in [4.69, 9.17) is 0 Å². The Balaban J connectivity index is 2.70. The van der Waals surface area contributed by atoms with E-state index in [1.54, 1.807) is 0 Å². The molecule has 0 aromatic heterocycles. The Kier molecular flexibility index (Phi) is 7.28. The highest BCUT2D eigenvalue weighted by Crippen LogP contribution is 2.15. The Morgan fingerprint density at radius 3 is 2.22 bits per heavy atom. The van der Waals surface area contributed by atoms with Crippen molar-refractivity contribution in [3.63, 3.8) is 0 Å². The van der Waals surface area contributed by atoms with Crippen LogP contribution in [-0.4, -0.2) is 53.1 Å². The molecule has 0 radical (unpaired) electrons. The number of quaternary nitrogens is 1. The molecule has 1 aromatic carbocycles. The zero-order valence-electron chi connectivity index (χ0n) is 14.3. The number of rotatable bonds is 7. The van der Waals surface area contributed by atoms with E-state index in [0.29, 0.717) is 6.54 Å². The summed E-state index contributed by atoms with van der Waals surface area (Å²) in [4.78, 5) is 26.5. The van der Waals surface area contributed by atoms with Gasteiger partial charge in [0.05, 0.1) is 20.6 Å². The number of hydrogen-bond acceptors (Lipinski definition) is 3. The standard InChI is InChI=1S/C17H26N4O2/c1-6-11-18-16(22)17(23)19-12-15(21(4)5)13-7-9-14(10-8-13)20(2)3/h6-10,15H,1,11-12H2,2-5H3,(H,18,22)(H,19,23)/p+1/t15-/m1/s1. The topological polar surface area (TPSA) is 65.9 Å². The number of carbonyl (C=O) groups is 2. The lowest BCUT2D eigenvalue weighted by Gasteiger charge is -2.23. The summed E-state index contributed by atoms with van der Waals surface area (Å²) in [7, 11) is 8.03. The molecule has 126 valence electrons. The molecule has 2 amide bonds. The summed E-state index contributed by atoms with van der Waals surface area (Å²) >= 11 is 0. The van der Waals surface area contributed by atoms with E-state index in [-0.39, 0.29) is 12.6 Å². The molecule has 1 rings (SSSR count). The van der Waals surface area contributed by atoms with Crippen LogP contribution < -0.4 is 20.4 Å². The Hall–Kier alpha value is -2.34. The molecule has 0 unspecified atom stereocenters. The van der Waals surface area contributed by atoms with Crippen molar-refractivity contribution in [2.45, 2.75) is 6.04 Å². The SMILES string of the molecule is C=CCNC(=O)C(=O)NC[C@H](c1ccc(N(C)C)cc1)[NH+](C)C. The number of likely N-dealkylation sites (N-methyl/N-ethyl adjacent to an activating group) is 1. The van der Waals surface area contributed by atoms with E-state index in [1.807, 2.05) is 45.2 Å². The van der Waals surface area contributed by atoms with Gasteiger partial charge in [-0.05, 0) is 12.1 Å². The highest BCUT2D eigenvalue weighted by molar-refractivity contribution is 6.35. The highest BCUT2D eigenvalue weighted by Gasteiger charge is 2.21. The van der Waals surface area contributed by atoms with Crippen molar-refractivity contribution in [1.82, 2.24) is 10.6 Å². The zero-order valence-corrected chi connectivity index (χ0v) is 14.3. The van der Waals surface area contributed by atoms with Gasteiger partial charge in [0.1, 0.15) is 6.04 Å². The second kappa shape index (κ2) is 8.95. The van der Waals surface area contributed by atoms with Crippen LogP contribution in [0.2, 0.25) is 0 Å². The van der Waals surface area contributed by atoms with E-state index >= 15 is 0 Å². The average Bonchev–Trinajstić information content (AvgIpc) is 2.52. The molecular formula is C17H27N4O2+. The van der Waals surface area contributed by atoms with Crippen LogP contribution in [0.1, 0.15) is 11.6 Å². The molecule has 0 saturated carbocycles. The minimum atomic E-state index is -0.639. The van der Waals surface area contributed by atoms with Crippen molar-refractivity contribution >= 4 is 17.5 Å². The predicted molar refractivity (Wildman–Crippen MR) is 92.5 cm³/mol. The predicted octanol–water partition coefficient (Wildman–Crippen LogP) is -0.643. The van der Waals surface area contributed by atoms with Gasteiger partial charge in [-0.1, -0.05) is 18.2 Å². The maximum atomic E-state index is 11.8. The summed E-state index contributed by atoms with van der Waals surface area (Å²) in [6.45, 7) is 4.17. The molecule has 6 heteroatoms. The number of carbonyl (C=O) groups excluding carboxylic acids is 2. The molecule has 6 nitrogen and oxygen atoms in total. The zero-order chi connectivity index (χ0) is 17.4. The first-order valence-corrected chi connectivity index (χ1v) is 7.61. The number of nitrogens with one attached hydrogen (secondary N) is 3. The lowest BCUT2D eigenvalue weighted by atomic mass is 10.1. The van der Waals surface area contributed by atoms with Crippen molar-refractivity contribution < 1.29 is 14.5 Å². The summed E-state index contributed by atoms with van der Waals surface area (Å²) in [6.07, 6.45) is 1.53. The summed E-state index contributed by atoms with van der Waals surface area (Å²) in [5.74, 6) is -1.26. The largest absolute Gasteiger partial charge is 0.378 e. The molecule has 0 spiro atoms. The van der Waals surface area contributed by atoms with Crippen LogP contribution in [0.5, 0.6) is 0 Å². The first kappa shape index (κ1) is 18.7. The quantitative estimate of drug-likeness (QED) is 0.462. The molecular weight excluding hydrogens is 292 g/mol. The summed E-state index contributed by atoms with van der Waals surface area (Å²) in [5, 5.41) is 5.16. The van der Waals surface area contributed by atoms with E-state index in [2.05, 4.69) is 29.3 Å². The third kappa shape index (κ3) is 5.75. The minimum absolute atomic E-state index is 0.0716. The third-order valence-electron chi connectivity index (χ3n) is 3.59. The van der Waals surface area contributed by atoms with Crippen LogP contribution in [0.4, 0.5) is 5.69 Å². The number of amides is 2. The monoisotopic (exact) mass is 319 g/mol. The van der Waals surface area contributed by atoms with Gasteiger partial charge in [-0.3, -0.25) is 9.59 Å². The fraction of sp³-hybridized carbons (Fsp3) is 0.412. The average molecular weight is 319 g/mol. The summed E-state index contributed by atoms with van der Waals surface area (Å²) in [5.41, 5.74) is 2.23. The van der Waals surface area contributed by atoms with Gasteiger partial charge >= 0.3 is 11.8 Å². The third-order valence-corrected chi connectivity index (χ3v) is 3.59. The van der Waals surface area contributed by atoms with Gasteiger partial charge in [0.25, 0.3) is 0 Å². The van der Waals surface area contributed by atoms with E-state index in [0.717, 1.165) is 11.3 Å². The van der Waals surface area contributed by atoms with Crippen molar-refractivity contribution in [3.05, 3.63) is 42.5 Å². The summed E-state index contributed by atoms with van der Waals surface area (Å²) < 4.78 is 0. The Morgan fingerprint density at radius 1 is 1.17 bits per heavy atom. The maximum absolute atomic E-state index is 11.8. The normalized spacial score (nSPS) is 11.7. The Morgan fingerprint density at radius 2 is 1.74 bits per heavy atom. The second-order valence-corrected chi connectivity index (χ2v) is 5.82. The smallest absolute Gasteiger partial charge is 0.309 e. The lowest BCUT2D eigenvalue weighted by molar-refractivity contribution is -0.890. The number of hydrogen-bond donors (Lipinski definition) is 3. The van der Waals surface area contributed by atoms with E-state index in [1.165, 1.54) is 11.0 Å². The second-order valence-electron chi connectivity index (χ2n) is 5.82. The molecule has 0 fully saturated rings. The first-order valence-electron chi connectivity index (χ1n) is 7.61. The van der Waals surface area contributed by atoms with Gasteiger partial charge in [-0.2, -0.15) is 0 Å². The molecule has 0 aliphatic heterocycles. The highest BCUT2D eigenvalue weighted by atomic mass is 16.2. The van der Waals surface area contributed by atoms with E-state index in [9.17, 15) is 9.59 Å². The van der Waals surface area contributed by atoms with Gasteiger partial charge < -0.3 is 20.4 Å². The lowest BCUT2D eigenvalue weighted by Crippen LogP contribution is -3.07. The molecule has 1 atom stereocenters. The molecule has 0 heterocycles.